The second-order valence-corrected chi connectivity index (χ2v) is 8.49. The van der Waals surface area contributed by atoms with Crippen molar-refractivity contribution in [1.29, 1.82) is 0 Å². The van der Waals surface area contributed by atoms with Crippen molar-refractivity contribution in [3.05, 3.63) is 35.7 Å². The average Bonchev–Trinajstić information content (AvgIpc) is 3.32. The third kappa shape index (κ3) is 6.44. The topological polar surface area (TPSA) is 69.1 Å². The second kappa shape index (κ2) is 12.5. The average molecular weight is 572 g/mol. The summed E-state index contributed by atoms with van der Waals surface area (Å²) in [6.07, 6.45) is 0.890. The molecule has 2 aliphatic heterocycles. The fourth-order valence-corrected chi connectivity index (χ4v) is 4.65. The number of guanidine groups is 1. The van der Waals surface area contributed by atoms with Gasteiger partial charge in [0.15, 0.2) is 5.96 Å². The van der Waals surface area contributed by atoms with Crippen LogP contribution in [0, 0.1) is 0 Å². The molecule has 4 rings (SSSR count). The maximum Gasteiger partial charge on any atom is 0.205 e. The van der Waals surface area contributed by atoms with Gasteiger partial charge in [0.1, 0.15) is 5.82 Å². The number of aryl methyl sites for hydroxylation is 1. The number of rotatable bonds is 6. The first kappa shape index (κ1) is 25.0. The number of benzene rings is 1. The summed E-state index contributed by atoms with van der Waals surface area (Å²) in [7, 11) is 0. The number of aliphatic imine (C=N–C) groups is 1. The van der Waals surface area contributed by atoms with Gasteiger partial charge >= 0.3 is 0 Å². The first-order valence-corrected chi connectivity index (χ1v) is 12.1. The van der Waals surface area contributed by atoms with E-state index >= 15 is 0 Å². The zero-order chi connectivity index (χ0) is 21.5. The molecule has 3 heterocycles. The van der Waals surface area contributed by atoms with Crippen molar-refractivity contribution in [2.24, 2.45) is 4.99 Å². The van der Waals surface area contributed by atoms with Crippen LogP contribution >= 0.6 is 35.5 Å². The van der Waals surface area contributed by atoms with Crippen LogP contribution in [0.3, 0.4) is 0 Å². The minimum absolute atomic E-state index is 0. The summed E-state index contributed by atoms with van der Waals surface area (Å²) in [4.78, 5) is 16.6. The first-order valence-electron chi connectivity index (χ1n) is 11.3. The van der Waals surface area contributed by atoms with E-state index in [0.29, 0.717) is 6.54 Å². The predicted octanol–water partition coefficient (Wildman–Crippen LogP) is 2.84. The van der Waals surface area contributed by atoms with Crippen LogP contribution in [0.4, 0.5) is 10.8 Å². The van der Waals surface area contributed by atoms with Gasteiger partial charge in [0.25, 0.3) is 0 Å². The lowest BCUT2D eigenvalue weighted by Gasteiger charge is -2.36. The van der Waals surface area contributed by atoms with E-state index < -0.39 is 0 Å². The molecule has 0 saturated carbocycles. The first-order chi connectivity index (χ1) is 15.3. The van der Waals surface area contributed by atoms with Crippen molar-refractivity contribution in [3.8, 4) is 0 Å². The highest BCUT2D eigenvalue weighted by Gasteiger charge is 2.22. The Bertz CT molecular complexity index is 846. The minimum atomic E-state index is 0. The molecule has 1 aromatic carbocycles. The van der Waals surface area contributed by atoms with Crippen LogP contribution in [0.1, 0.15) is 25.2 Å². The summed E-state index contributed by atoms with van der Waals surface area (Å²) in [5.74, 6) is 1.93. The van der Waals surface area contributed by atoms with E-state index in [-0.39, 0.29) is 24.0 Å². The standard InChI is InChI=1S/C22H33N7OS.HI/c1-3-20-25-22(31-26-20)29-11-9-28(10-12-29)21(23-4-2)24-17-18-5-7-19(8-6-18)27-13-15-30-16-14-27;/h5-8H,3-4,9-17H2,1-2H3,(H,23,24);1H. The second-order valence-electron chi connectivity index (χ2n) is 7.76. The minimum Gasteiger partial charge on any atom is -0.378 e. The molecule has 0 radical (unpaired) electrons. The smallest absolute Gasteiger partial charge is 0.205 e. The van der Waals surface area contributed by atoms with Crippen LogP contribution in [0.15, 0.2) is 29.3 Å². The van der Waals surface area contributed by atoms with Crippen molar-refractivity contribution in [1.82, 2.24) is 19.6 Å². The number of morpholine rings is 1. The van der Waals surface area contributed by atoms with Gasteiger partial charge < -0.3 is 24.8 Å². The van der Waals surface area contributed by atoms with E-state index in [1.807, 2.05) is 0 Å². The Kier molecular flexibility index (Phi) is 9.79. The number of ether oxygens (including phenoxy) is 1. The zero-order valence-electron chi connectivity index (χ0n) is 19.0. The molecule has 176 valence electrons. The number of halogens is 1. The van der Waals surface area contributed by atoms with Gasteiger partial charge in [-0.1, -0.05) is 19.1 Å². The van der Waals surface area contributed by atoms with Crippen molar-refractivity contribution < 1.29 is 4.74 Å². The number of hydrogen-bond acceptors (Lipinski definition) is 7. The number of nitrogens with zero attached hydrogens (tertiary/aromatic N) is 6. The summed E-state index contributed by atoms with van der Waals surface area (Å²) in [6, 6.07) is 8.79. The highest BCUT2D eigenvalue weighted by atomic mass is 127. The van der Waals surface area contributed by atoms with Crippen LogP contribution in [0.2, 0.25) is 0 Å². The number of piperazine rings is 1. The molecule has 2 aromatic rings. The lowest BCUT2D eigenvalue weighted by molar-refractivity contribution is 0.122. The van der Waals surface area contributed by atoms with Gasteiger partial charge in [-0.2, -0.15) is 4.37 Å². The molecule has 0 bridgehead atoms. The Morgan fingerprint density at radius 3 is 2.38 bits per heavy atom. The van der Waals surface area contributed by atoms with E-state index in [2.05, 4.69) is 67.5 Å². The van der Waals surface area contributed by atoms with Crippen LogP contribution in [-0.4, -0.2) is 79.2 Å². The van der Waals surface area contributed by atoms with Gasteiger partial charge in [-0.3, -0.25) is 0 Å². The van der Waals surface area contributed by atoms with Gasteiger partial charge in [-0.15, -0.1) is 24.0 Å². The third-order valence-corrected chi connectivity index (χ3v) is 6.50. The molecule has 0 unspecified atom stereocenters. The van der Waals surface area contributed by atoms with E-state index in [9.17, 15) is 0 Å². The van der Waals surface area contributed by atoms with Crippen molar-refractivity contribution in [3.63, 3.8) is 0 Å². The maximum absolute atomic E-state index is 5.45. The summed E-state index contributed by atoms with van der Waals surface area (Å²) in [5, 5.41) is 4.50. The van der Waals surface area contributed by atoms with Crippen LogP contribution in [0.25, 0.3) is 0 Å². The molecule has 0 spiro atoms. The molecular formula is C22H34IN7OS. The molecule has 8 nitrogen and oxygen atoms in total. The monoisotopic (exact) mass is 571 g/mol. The largest absolute Gasteiger partial charge is 0.378 e. The van der Waals surface area contributed by atoms with E-state index in [1.165, 1.54) is 22.8 Å². The highest BCUT2D eigenvalue weighted by molar-refractivity contribution is 14.0. The summed E-state index contributed by atoms with van der Waals surface area (Å²) in [6.45, 7) is 13.1. The van der Waals surface area contributed by atoms with Crippen molar-refractivity contribution >= 4 is 52.3 Å². The lowest BCUT2D eigenvalue weighted by atomic mass is 10.2. The SMILES string of the molecule is CCNC(=NCc1ccc(N2CCOCC2)cc1)N1CCN(c2nc(CC)ns2)CC1.I. The fraction of sp³-hybridized carbons (Fsp3) is 0.591. The van der Waals surface area contributed by atoms with Crippen molar-refractivity contribution in [2.45, 2.75) is 26.8 Å². The summed E-state index contributed by atoms with van der Waals surface area (Å²) in [5.41, 5.74) is 2.49. The van der Waals surface area contributed by atoms with E-state index in [4.69, 9.17) is 9.73 Å². The molecule has 1 N–H and O–H groups in total. The van der Waals surface area contributed by atoms with Gasteiger partial charge in [-0.05, 0) is 24.6 Å². The molecule has 0 aliphatic carbocycles. The molecular weight excluding hydrogens is 537 g/mol. The van der Waals surface area contributed by atoms with Crippen LogP contribution in [0.5, 0.6) is 0 Å². The van der Waals surface area contributed by atoms with Crippen molar-refractivity contribution in [2.75, 3.05) is 68.8 Å². The van der Waals surface area contributed by atoms with E-state index in [0.717, 1.165) is 82.4 Å². The Morgan fingerprint density at radius 1 is 1.03 bits per heavy atom. The van der Waals surface area contributed by atoms with Gasteiger partial charge in [0.05, 0.1) is 19.8 Å². The molecule has 2 fully saturated rings. The molecule has 32 heavy (non-hydrogen) atoms. The Labute approximate surface area is 212 Å². The zero-order valence-corrected chi connectivity index (χ0v) is 22.1. The highest BCUT2D eigenvalue weighted by Crippen LogP contribution is 2.20. The fourth-order valence-electron chi connectivity index (χ4n) is 3.85. The normalized spacial score (nSPS) is 17.3. The molecule has 2 saturated heterocycles. The third-order valence-electron chi connectivity index (χ3n) is 5.68. The van der Waals surface area contributed by atoms with E-state index in [1.54, 1.807) is 0 Å². The van der Waals surface area contributed by atoms with Gasteiger partial charge in [0.2, 0.25) is 5.13 Å². The number of nitrogens with one attached hydrogen (secondary N) is 1. The molecule has 2 aliphatic rings. The molecule has 0 amide bonds. The Balaban J connectivity index is 0.00000289. The Morgan fingerprint density at radius 2 is 1.75 bits per heavy atom. The Hall–Kier alpha value is -1.66. The molecule has 10 heteroatoms. The maximum atomic E-state index is 5.45. The predicted molar refractivity (Wildman–Crippen MR) is 143 cm³/mol. The quantitative estimate of drug-likeness (QED) is 0.325. The van der Waals surface area contributed by atoms with Gasteiger partial charge in [0, 0.05) is 69.5 Å². The number of anilines is 2. The lowest BCUT2D eigenvalue weighted by Crippen LogP contribution is -2.52. The summed E-state index contributed by atoms with van der Waals surface area (Å²) < 4.78 is 9.87. The molecule has 1 aromatic heterocycles. The van der Waals surface area contributed by atoms with Crippen LogP contribution in [-0.2, 0) is 17.7 Å². The number of aromatic nitrogens is 2. The van der Waals surface area contributed by atoms with Gasteiger partial charge in [-0.25, -0.2) is 9.98 Å². The number of hydrogen-bond donors (Lipinski definition) is 1. The summed E-state index contributed by atoms with van der Waals surface area (Å²) >= 11 is 1.51. The van der Waals surface area contributed by atoms with Crippen LogP contribution < -0.4 is 15.1 Å². The molecule has 0 atom stereocenters.